The number of nitrogens with one attached hydrogen (secondary N) is 1. The van der Waals surface area contributed by atoms with Crippen LogP contribution in [0.2, 0.25) is 10.0 Å². The van der Waals surface area contributed by atoms with E-state index in [0.29, 0.717) is 5.56 Å². The standard InChI is InChI=1S/C14H9Cl2F4N/c15-10-1-8(2-12(17)5-10)7-21-13-4-9(14(18,19)20)3-11(16)6-13/h1-6,21H,7H2. The van der Waals surface area contributed by atoms with Gasteiger partial charge < -0.3 is 5.32 Å². The molecule has 0 bridgehead atoms. The molecule has 0 spiro atoms. The molecule has 0 heterocycles. The van der Waals surface area contributed by atoms with E-state index in [1.807, 2.05) is 0 Å². The van der Waals surface area contributed by atoms with Gasteiger partial charge in [0, 0.05) is 22.3 Å². The average molecular weight is 338 g/mol. The lowest BCUT2D eigenvalue weighted by atomic mass is 10.1. The molecule has 21 heavy (non-hydrogen) atoms. The van der Waals surface area contributed by atoms with Crippen LogP contribution in [-0.4, -0.2) is 0 Å². The molecule has 0 aliphatic carbocycles. The number of benzene rings is 2. The highest BCUT2D eigenvalue weighted by molar-refractivity contribution is 6.31. The van der Waals surface area contributed by atoms with Gasteiger partial charge in [-0.2, -0.15) is 13.2 Å². The molecule has 0 amide bonds. The van der Waals surface area contributed by atoms with Gasteiger partial charge in [-0.3, -0.25) is 0 Å². The Morgan fingerprint density at radius 3 is 2.19 bits per heavy atom. The van der Waals surface area contributed by atoms with Crippen LogP contribution in [0, 0.1) is 5.82 Å². The first-order valence-electron chi connectivity index (χ1n) is 5.81. The van der Waals surface area contributed by atoms with E-state index in [1.165, 1.54) is 18.2 Å². The zero-order chi connectivity index (χ0) is 15.6. The Morgan fingerprint density at radius 2 is 1.57 bits per heavy atom. The smallest absolute Gasteiger partial charge is 0.381 e. The summed E-state index contributed by atoms with van der Waals surface area (Å²) in [5.74, 6) is -0.513. The van der Waals surface area contributed by atoms with Crippen molar-refractivity contribution in [3.63, 3.8) is 0 Å². The second kappa shape index (κ2) is 6.12. The largest absolute Gasteiger partial charge is 0.416 e. The van der Waals surface area contributed by atoms with Crippen LogP contribution in [0.5, 0.6) is 0 Å². The van der Waals surface area contributed by atoms with Crippen molar-refractivity contribution in [3.05, 3.63) is 63.4 Å². The lowest BCUT2D eigenvalue weighted by Crippen LogP contribution is -2.07. The Kier molecular flexibility index (Phi) is 4.64. The van der Waals surface area contributed by atoms with Gasteiger partial charge in [0.15, 0.2) is 0 Å². The zero-order valence-electron chi connectivity index (χ0n) is 10.4. The average Bonchev–Trinajstić information content (AvgIpc) is 2.33. The highest BCUT2D eigenvalue weighted by atomic mass is 35.5. The second-order valence-corrected chi connectivity index (χ2v) is 5.23. The molecule has 7 heteroatoms. The summed E-state index contributed by atoms with van der Waals surface area (Å²) in [7, 11) is 0. The predicted octanol–water partition coefficient (Wildman–Crippen LogP) is 5.76. The molecule has 0 aliphatic heterocycles. The number of halogens is 6. The van der Waals surface area contributed by atoms with Gasteiger partial charge >= 0.3 is 6.18 Å². The normalized spacial score (nSPS) is 11.5. The van der Waals surface area contributed by atoms with Crippen molar-refractivity contribution in [1.82, 2.24) is 0 Å². The molecule has 0 aliphatic rings. The molecular weight excluding hydrogens is 329 g/mol. The monoisotopic (exact) mass is 337 g/mol. The maximum Gasteiger partial charge on any atom is 0.416 e. The highest BCUT2D eigenvalue weighted by Crippen LogP contribution is 2.33. The minimum absolute atomic E-state index is 0.0374. The molecule has 0 fully saturated rings. The van der Waals surface area contributed by atoms with E-state index in [9.17, 15) is 17.6 Å². The summed E-state index contributed by atoms with van der Waals surface area (Å²) >= 11 is 11.4. The summed E-state index contributed by atoms with van der Waals surface area (Å²) in [6.45, 7) is 0.120. The van der Waals surface area contributed by atoms with Crippen LogP contribution in [-0.2, 0) is 12.7 Å². The van der Waals surface area contributed by atoms with E-state index in [0.717, 1.165) is 18.2 Å². The molecule has 2 aromatic rings. The van der Waals surface area contributed by atoms with Crippen molar-refractivity contribution >= 4 is 28.9 Å². The van der Waals surface area contributed by atoms with Gasteiger partial charge in [0.25, 0.3) is 0 Å². The molecule has 0 atom stereocenters. The molecular formula is C14H9Cl2F4N. The SMILES string of the molecule is Fc1cc(Cl)cc(CNc2cc(Cl)cc(C(F)(F)F)c2)c1. The molecule has 1 nitrogen and oxygen atoms in total. The number of hydrogen-bond acceptors (Lipinski definition) is 1. The van der Waals surface area contributed by atoms with Gasteiger partial charge in [-0.25, -0.2) is 4.39 Å². The van der Waals surface area contributed by atoms with E-state index in [1.54, 1.807) is 0 Å². The number of hydrogen-bond donors (Lipinski definition) is 1. The number of anilines is 1. The van der Waals surface area contributed by atoms with E-state index in [-0.39, 0.29) is 22.3 Å². The maximum atomic E-state index is 13.2. The minimum Gasteiger partial charge on any atom is -0.381 e. The molecule has 0 aromatic heterocycles. The van der Waals surface area contributed by atoms with Gasteiger partial charge in [-0.1, -0.05) is 23.2 Å². The summed E-state index contributed by atoms with van der Waals surface area (Å²) in [5, 5.41) is 2.94. The molecule has 112 valence electrons. The third-order valence-electron chi connectivity index (χ3n) is 2.64. The van der Waals surface area contributed by atoms with Crippen LogP contribution in [0.1, 0.15) is 11.1 Å². The van der Waals surface area contributed by atoms with Crippen LogP contribution < -0.4 is 5.32 Å². The van der Waals surface area contributed by atoms with Crippen molar-refractivity contribution in [3.8, 4) is 0 Å². The third-order valence-corrected chi connectivity index (χ3v) is 3.08. The topological polar surface area (TPSA) is 12.0 Å². The Labute approximate surface area is 128 Å². The van der Waals surface area contributed by atoms with Crippen molar-refractivity contribution < 1.29 is 17.6 Å². The quantitative estimate of drug-likeness (QED) is 0.701. The van der Waals surface area contributed by atoms with Crippen molar-refractivity contribution in [2.24, 2.45) is 0 Å². The summed E-state index contributed by atoms with van der Waals surface area (Å²) < 4.78 is 51.1. The van der Waals surface area contributed by atoms with Gasteiger partial charge in [0.2, 0.25) is 0 Å². The van der Waals surface area contributed by atoms with Crippen LogP contribution in [0.3, 0.4) is 0 Å². The summed E-state index contributed by atoms with van der Waals surface area (Å²) in [6, 6.07) is 7.05. The Hall–Kier alpha value is -1.46. The third kappa shape index (κ3) is 4.51. The maximum absolute atomic E-state index is 13.2. The summed E-state index contributed by atoms with van der Waals surface area (Å²) in [4.78, 5) is 0. The van der Waals surface area contributed by atoms with Gasteiger partial charge in [0.05, 0.1) is 5.56 Å². The lowest BCUT2D eigenvalue weighted by molar-refractivity contribution is -0.137. The molecule has 2 rings (SSSR count). The van der Waals surface area contributed by atoms with E-state index >= 15 is 0 Å². The summed E-state index contributed by atoms with van der Waals surface area (Å²) in [5.41, 5.74) is -0.154. The first-order valence-corrected chi connectivity index (χ1v) is 6.56. The van der Waals surface area contributed by atoms with Gasteiger partial charge in [-0.05, 0) is 42.0 Å². The molecule has 0 unspecified atom stereocenters. The van der Waals surface area contributed by atoms with Crippen LogP contribution in [0.15, 0.2) is 36.4 Å². The molecule has 2 aromatic carbocycles. The first kappa shape index (κ1) is 15.9. The molecule has 0 radical (unpaired) electrons. The van der Waals surface area contributed by atoms with Crippen molar-refractivity contribution in [2.45, 2.75) is 12.7 Å². The fourth-order valence-corrected chi connectivity index (χ4v) is 2.25. The van der Waals surface area contributed by atoms with Crippen LogP contribution in [0.25, 0.3) is 0 Å². The Bertz CT molecular complexity index is 636. The number of alkyl halides is 3. The fraction of sp³-hybridized carbons (Fsp3) is 0.143. The van der Waals surface area contributed by atoms with Crippen LogP contribution in [0.4, 0.5) is 23.2 Å². The van der Waals surface area contributed by atoms with Crippen molar-refractivity contribution in [2.75, 3.05) is 5.32 Å². The molecule has 0 saturated carbocycles. The first-order chi connectivity index (χ1) is 9.74. The zero-order valence-corrected chi connectivity index (χ0v) is 12.0. The Balaban J connectivity index is 2.18. The molecule has 0 saturated heterocycles. The number of rotatable bonds is 3. The second-order valence-electron chi connectivity index (χ2n) is 4.36. The van der Waals surface area contributed by atoms with E-state index in [2.05, 4.69) is 5.32 Å². The lowest BCUT2D eigenvalue weighted by Gasteiger charge is -2.12. The Morgan fingerprint density at radius 1 is 0.905 bits per heavy atom. The van der Waals surface area contributed by atoms with E-state index in [4.69, 9.17) is 23.2 Å². The fourth-order valence-electron chi connectivity index (χ4n) is 1.77. The van der Waals surface area contributed by atoms with Gasteiger partial charge in [-0.15, -0.1) is 0 Å². The minimum atomic E-state index is -4.48. The van der Waals surface area contributed by atoms with Crippen molar-refractivity contribution in [1.29, 1.82) is 0 Å². The molecule has 1 N–H and O–H groups in total. The van der Waals surface area contributed by atoms with E-state index < -0.39 is 17.6 Å². The summed E-state index contributed by atoms with van der Waals surface area (Å²) in [6.07, 6.45) is -4.48. The highest BCUT2D eigenvalue weighted by Gasteiger charge is 2.31. The van der Waals surface area contributed by atoms with Gasteiger partial charge in [0.1, 0.15) is 5.82 Å². The van der Waals surface area contributed by atoms with Crippen LogP contribution >= 0.6 is 23.2 Å². The predicted molar refractivity (Wildman–Crippen MR) is 75.2 cm³/mol.